The number of aliphatic hydroxyl groups is 1. The Hall–Kier alpha value is -4.07. The van der Waals surface area contributed by atoms with Crippen LogP contribution >= 0.6 is 0 Å². The number of carbonyl (C=O) groups excluding carboxylic acids is 2. The summed E-state index contributed by atoms with van der Waals surface area (Å²) < 4.78 is 46.3. The standard InChI is InChI=1S/C31H30F3NO4/c1-6-39-24-14-13-20(16-23(24)30(3,4)5)27(36)25-26(19-10-7-9-18(2)15-19)35(29(38)28(25)37)22-12-8-11-21(17-22)31(32,33)34/h7-17,26,36H,6H2,1-5H3/b27-25-. The molecule has 3 aromatic rings. The molecular weight excluding hydrogens is 507 g/mol. The number of halogens is 3. The highest BCUT2D eigenvalue weighted by Gasteiger charge is 2.47. The average molecular weight is 538 g/mol. The quantitative estimate of drug-likeness (QED) is 0.210. The third kappa shape index (κ3) is 5.41. The van der Waals surface area contributed by atoms with E-state index in [-0.39, 0.29) is 16.7 Å². The number of Topliss-reactive ketones (excluding diaryl/α,β-unsaturated/α-hetero) is 1. The second kappa shape index (κ2) is 10.2. The first-order valence-electron chi connectivity index (χ1n) is 12.6. The summed E-state index contributed by atoms with van der Waals surface area (Å²) in [6, 6.07) is 15.1. The Bertz CT molecular complexity index is 1470. The van der Waals surface area contributed by atoms with Crippen LogP contribution in [-0.2, 0) is 21.2 Å². The third-order valence-corrected chi connectivity index (χ3v) is 6.61. The molecule has 1 atom stereocenters. The van der Waals surface area contributed by atoms with Crippen LogP contribution in [0, 0.1) is 6.92 Å². The molecular formula is C31H30F3NO4. The molecule has 4 rings (SSSR count). The zero-order valence-corrected chi connectivity index (χ0v) is 22.4. The zero-order chi connectivity index (χ0) is 28.7. The molecule has 1 aliphatic heterocycles. The summed E-state index contributed by atoms with van der Waals surface area (Å²) in [6.45, 7) is 10.1. The van der Waals surface area contributed by atoms with Gasteiger partial charge >= 0.3 is 6.18 Å². The van der Waals surface area contributed by atoms with E-state index >= 15 is 0 Å². The first-order chi connectivity index (χ1) is 18.2. The first-order valence-corrected chi connectivity index (χ1v) is 12.6. The minimum absolute atomic E-state index is 0.0976. The van der Waals surface area contributed by atoms with Crippen LogP contribution in [0.2, 0.25) is 0 Å². The molecule has 1 saturated heterocycles. The predicted molar refractivity (Wildman–Crippen MR) is 144 cm³/mol. The number of benzene rings is 3. The van der Waals surface area contributed by atoms with Crippen LogP contribution in [0.5, 0.6) is 5.75 Å². The molecule has 1 N–H and O–H groups in total. The first kappa shape index (κ1) is 28.0. The van der Waals surface area contributed by atoms with Gasteiger partial charge in [0.2, 0.25) is 0 Å². The number of hydrogen-bond donors (Lipinski definition) is 1. The maximum atomic E-state index is 13.5. The lowest BCUT2D eigenvalue weighted by molar-refractivity contribution is -0.137. The van der Waals surface area contributed by atoms with Gasteiger partial charge in [-0.05, 0) is 61.2 Å². The highest BCUT2D eigenvalue weighted by Crippen LogP contribution is 2.44. The van der Waals surface area contributed by atoms with Gasteiger partial charge in [0, 0.05) is 16.8 Å². The van der Waals surface area contributed by atoms with Crippen molar-refractivity contribution in [3.63, 3.8) is 0 Å². The van der Waals surface area contributed by atoms with E-state index < -0.39 is 35.2 Å². The minimum Gasteiger partial charge on any atom is -0.507 e. The third-order valence-electron chi connectivity index (χ3n) is 6.61. The Kier molecular flexibility index (Phi) is 7.34. The van der Waals surface area contributed by atoms with Gasteiger partial charge in [0.15, 0.2) is 0 Å². The SMILES string of the molecule is CCOc1ccc(/C(O)=C2/C(=O)C(=O)N(c3cccc(C(F)(F)F)c3)C2c2cccc(C)c2)cc1C(C)(C)C. The van der Waals surface area contributed by atoms with Crippen molar-refractivity contribution in [1.29, 1.82) is 0 Å². The van der Waals surface area contributed by atoms with Crippen molar-refractivity contribution in [2.24, 2.45) is 0 Å². The number of anilines is 1. The summed E-state index contributed by atoms with van der Waals surface area (Å²) in [4.78, 5) is 27.9. The number of alkyl halides is 3. The van der Waals surface area contributed by atoms with Crippen LogP contribution in [0.15, 0.2) is 72.3 Å². The van der Waals surface area contributed by atoms with Crippen molar-refractivity contribution in [1.82, 2.24) is 0 Å². The molecule has 39 heavy (non-hydrogen) atoms. The van der Waals surface area contributed by atoms with Gasteiger partial charge in [0.1, 0.15) is 11.5 Å². The lowest BCUT2D eigenvalue weighted by Gasteiger charge is -2.27. The van der Waals surface area contributed by atoms with Crippen molar-refractivity contribution in [3.8, 4) is 5.75 Å². The number of nitrogens with zero attached hydrogens (tertiary/aromatic N) is 1. The highest BCUT2D eigenvalue weighted by atomic mass is 19.4. The fourth-order valence-corrected chi connectivity index (χ4v) is 4.79. The second-order valence-electron chi connectivity index (χ2n) is 10.5. The predicted octanol–water partition coefficient (Wildman–Crippen LogP) is 7.34. The van der Waals surface area contributed by atoms with Gasteiger partial charge in [0.05, 0.1) is 23.8 Å². The minimum atomic E-state index is -4.64. The second-order valence-corrected chi connectivity index (χ2v) is 10.5. The topological polar surface area (TPSA) is 66.8 Å². The summed E-state index contributed by atoms with van der Waals surface area (Å²) in [5, 5.41) is 11.5. The molecule has 0 bridgehead atoms. The molecule has 1 amide bonds. The Morgan fingerprint density at radius 3 is 2.28 bits per heavy atom. The van der Waals surface area contributed by atoms with Gasteiger partial charge in [-0.2, -0.15) is 13.2 Å². The number of aliphatic hydroxyl groups excluding tert-OH is 1. The highest BCUT2D eigenvalue weighted by molar-refractivity contribution is 6.51. The smallest absolute Gasteiger partial charge is 0.416 e. The van der Waals surface area contributed by atoms with Crippen LogP contribution < -0.4 is 9.64 Å². The van der Waals surface area contributed by atoms with Crippen LogP contribution in [0.25, 0.3) is 5.76 Å². The lowest BCUT2D eigenvalue weighted by atomic mass is 9.84. The molecule has 1 heterocycles. The number of rotatable bonds is 5. The van der Waals surface area contributed by atoms with E-state index in [4.69, 9.17) is 4.74 Å². The number of hydrogen-bond acceptors (Lipinski definition) is 4. The molecule has 0 radical (unpaired) electrons. The van der Waals surface area contributed by atoms with Crippen molar-refractivity contribution >= 4 is 23.1 Å². The van der Waals surface area contributed by atoms with E-state index in [1.807, 2.05) is 40.7 Å². The molecule has 0 aromatic heterocycles. The fraction of sp³-hybridized carbons (Fsp3) is 0.290. The maximum absolute atomic E-state index is 13.5. The molecule has 1 fully saturated rings. The van der Waals surface area contributed by atoms with Gasteiger partial charge in [0.25, 0.3) is 11.7 Å². The van der Waals surface area contributed by atoms with Gasteiger partial charge in [-0.3, -0.25) is 14.5 Å². The van der Waals surface area contributed by atoms with Gasteiger partial charge < -0.3 is 9.84 Å². The zero-order valence-electron chi connectivity index (χ0n) is 22.4. The summed E-state index contributed by atoms with van der Waals surface area (Å²) in [5.41, 5.74) is 0.753. The molecule has 3 aromatic carbocycles. The van der Waals surface area contributed by atoms with Crippen molar-refractivity contribution in [2.45, 2.75) is 52.3 Å². The number of amides is 1. The van der Waals surface area contributed by atoms with E-state index in [1.165, 1.54) is 12.1 Å². The van der Waals surface area contributed by atoms with Crippen molar-refractivity contribution in [2.75, 3.05) is 11.5 Å². The summed E-state index contributed by atoms with van der Waals surface area (Å²) in [6.07, 6.45) is -4.64. The summed E-state index contributed by atoms with van der Waals surface area (Å²) in [7, 11) is 0. The van der Waals surface area contributed by atoms with Gasteiger partial charge in [-0.15, -0.1) is 0 Å². The van der Waals surface area contributed by atoms with Gasteiger partial charge in [-0.25, -0.2) is 0 Å². The fourth-order valence-electron chi connectivity index (χ4n) is 4.79. The largest absolute Gasteiger partial charge is 0.507 e. The van der Waals surface area contributed by atoms with Crippen molar-refractivity contribution in [3.05, 3.63) is 100 Å². The molecule has 1 aliphatic rings. The van der Waals surface area contributed by atoms with Crippen LogP contribution in [-0.4, -0.2) is 23.4 Å². The normalized spacial score (nSPS) is 17.5. The number of ketones is 1. The monoisotopic (exact) mass is 537 g/mol. The van der Waals surface area contributed by atoms with E-state index in [0.717, 1.165) is 28.2 Å². The Labute approximate surface area is 225 Å². The van der Waals surface area contributed by atoms with E-state index in [1.54, 1.807) is 36.4 Å². The summed E-state index contributed by atoms with van der Waals surface area (Å²) >= 11 is 0. The van der Waals surface area contributed by atoms with E-state index in [9.17, 15) is 27.9 Å². The molecule has 5 nitrogen and oxygen atoms in total. The molecule has 0 saturated carbocycles. The molecule has 0 spiro atoms. The lowest BCUT2D eigenvalue weighted by Crippen LogP contribution is -2.29. The molecule has 204 valence electrons. The van der Waals surface area contributed by atoms with Gasteiger partial charge in [-0.1, -0.05) is 56.7 Å². The molecule has 1 unspecified atom stereocenters. The number of aryl methyl sites for hydroxylation is 1. The Balaban J connectivity index is 1.96. The van der Waals surface area contributed by atoms with Crippen LogP contribution in [0.4, 0.5) is 18.9 Å². The average Bonchev–Trinajstić information content (AvgIpc) is 3.13. The van der Waals surface area contributed by atoms with E-state index in [2.05, 4.69) is 0 Å². The molecule has 0 aliphatic carbocycles. The maximum Gasteiger partial charge on any atom is 0.416 e. The van der Waals surface area contributed by atoms with Crippen LogP contribution in [0.3, 0.4) is 0 Å². The van der Waals surface area contributed by atoms with E-state index in [0.29, 0.717) is 23.5 Å². The van der Waals surface area contributed by atoms with Crippen molar-refractivity contribution < 1.29 is 32.6 Å². The Morgan fingerprint density at radius 1 is 0.974 bits per heavy atom. The number of ether oxygens (including phenoxy) is 1. The number of carbonyl (C=O) groups is 2. The van der Waals surface area contributed by atoms with Crippen LogP contribution in [0.1, 0.15) is 61.6 Å². The summed E-state index contributed by atoms with van der Waals surface area (Å²) in [5.74, 6) is -1.80. The Morgan fingerprint density at radius 2 is 1.67 bits per heavy atom. The molecule has 8 heteroatoms.